The van der Waals surface area contributed by atoms with Gasteiger partial charge in [-0.3, -0.25) is 10.1 Å². The van der Waals surface area contributed by atoms with E-state index in [-0.39, 0.29) is 28.2 Å². The predicted octanol–water partition coefficient (Wildman–Crippen LogP) is 3.62. The quantitative estimate of drug-likeness (QED) is 0.689. The zero-order valence-corrected chi connectivity index (χ0v) is 11.0. The Hall–Kier alpha value is -2.41. The Morgan fingerprint density at radius 1 is 1.40 bits per heavy atom. The van der Waals surface area contributed by atoms with Crippen molar-refractivity contribution >= 4 is 23.1 Å². The minimum atomic E-state index is -0.568. The first-order valence-corrected chi connectivity index (χ1v) is 5.84. The number of hydrogen-bond acceptors (Lipinski definition) is 5. The lowest BCUT2D eigenvalue weighted by Gasteiger charge is -2.08. The molecule has 2 aromatic rings. The molecule has 0 saturated heterocycles. The van der Waals surface area contributed by atoms with Crippen LogP contribution in [0.1, 0.15) is 0 Å². The molecule has 0 fully saturated rings. The maximum Gasteiger partial charge on any atom is 0.278 e. The molecule has 6 nitrogen and oxygen atoms in total. The summed E-state index contributed by atoms with van der Waals surface area (Å²) >= 11 is 5.81. The van der Waals surface area contributed by atoms with E-state index in [9.17, 15) is 14.5 Å². The second-order valence-electron chi connectivity index (χ2n) is 3.73. The Morgan fingerprint density at radius 2 is 2.15 bits per heavy atom. The van der Waals surface area contributed by atoms with E-state index in [1.54, 1.807) is 7.05 Å². The normalized spacial score (nSPS) is 10.2. The number of rotatable bonds is 4. The molecule has 0 aliphatic heterocycles. The SMILES string of the molecule is CNc1cc([N+](=O)[O-])cc(Oc2ccc(F)cc2Cl)n1. The number of halogens is 2. The van der Waals surface area contributed by atoms with Gasteiger partial charge in [-0.15, -0.1) is 0 Å². The summed E-state index contributed by atoms with van der Waals surface area (Å²) in [5, 5.41) is 13.5. The van der Waals surface area contributed by atoms with Crippen molar-refractivity contribution in [3.05, 3.63) is 51.3 Å². The fourth-order valence-corrected chi connectivity index (χ4v) is 1.65. The van der Waals surface area contributed by atoms with Gasteiger partial charge in [0.1, 0.15) is 17.4 Å². The van der Waals surface area contributed by atoms with Gasteiger partial charge < -0.3 is 10.1 Å². The largest absolute Gasteiger partial charge is 0.437 e. The van der Waals surface area contributed by atoms with Gasteiger partial charge in [-0.1, -0.05) is 11.6 Å². The first kappa shape index (κ1) is 14.0. The van der Waals surface area contributed by atoms with Crippen molar-refractivity contribution in [1.82, 2.24) is 4.98 Å². The molecule has 0 spiro atoms. The zero-order chi connectivity index (χ0) is 14.7. The van der Waals surface area contributed by atoms with E-state index in [2.05, 4.69) is 10.3 Å². The van der Waals surface area contributed by atoms with Crippen LogP contribution in [0.2, 0.25) is 5.02 Å². The van der Waals surface area contributed by atoms with Crippen molar-refractivity contribution < 1.29 is 14.1 Å². The molecule has 1 heterocycles. The summed E-state index contributed by atoms with van der Waals surface area (Å²) in [5.74, 6) is -0.0992. The first-order valence-electron chi connectivity index (χ1n) is 5.46. The van der Waals surface area contributed by atoms with E-state index in [0.717, 1.165) is 18.2 Å². The lowest BCUT2D eigenvalue weighted by Crippen LogP contribution is -1.98. The number of aromatic nitrogens is 1. The van der Waals surface area contributed by atoms with Crippen LogP contribution in [0.25, 0.3) is 0 Å². The molecule has 0 radical (unpaired) electrons. The fourth-order valence-electron chi connectivity index (χ4n) is 1.45. The maximum absolute atomic E-state index is 12.9. The maximum atomic E-state index is 12.9. The predicted molar refractivity (Wildman–Crippen MR) is 71.9 cm³/mol. The topological polar surface area (TPSA) is 77.3 Å². The van der Waals surface area contributed by atoms with Crippen LogP contribution in [0.5, 0.6) is 11.6 Å². The van der Waals surface area contributed by atoms with Gasteiger partial charge in [0.15, 0.2) is 0 Å². The highest BCUT2D eigenvalue weighted by Crippen LogP contribution is 2.31. The Labute approximate surface area is 118 Å². The monoisotopic (exact) mass is 297 g/mol. The van der Waals surface area contributed by atoms with E-state index in [1.165, 1.54) is 12.1 Å². The summed E-state index contributed by atoms with van der Waals surface area (Å²) in [6.45, 7) is 0. The third-order valence-corrected chi connectivity index (χ3v) is 2.66. The molecule has 0 saturated carbocycles. The van der Waals surface area contributed by atoms with Crippen molar-refractivity contribution in [2.75, 3.05) is 12.4 Å². The number of ether oxygens (including phenoxy) is 1. The van der Waals surface area contributed by atoms with Crippen LogP contribution in [0.15, 0.2) is 30.3 Å². The summed E-state index contributed by atoms with van der Waals surface area (Å²) in [6.07, 6.45) is 0. The van der Waals surface area contributed by atoms with Crippen molar-refractivity contribution in [2.45, 2.75) is 0 Å². The Morgan fingerprint density at radius 3 is 2.75 bits per heavy atom. The molecule has 20 heavy (non-hydrogen) atoms. The first-order chi connectivity index (χ1) is 9.49. The molecular weight excluding hydrogens is 289 g/mol. The van der Waals surface area contributed by atoms with Gasteiger partial charge in [-0.05, 0) is 18.2 Å². The van der Waals surface area contributed by atoms with Gasteiger partial charge >= 0.3 is 0 Å². The summed E-state index contributed by atoms with van der Waals surface area (Å²) in [6, 6.07) is 5.97. The third-order valence-electron chi connectivity index (χ3n) is 2.36. The van der Waals surface area contributed by atoms with E-state index in [4.69, 9.17) is 16.3 Å². The fraction of sp³-hybridized carbons (Fsp3) is 0.0833. The summed E-state index contributed by atoms with van der Waals surface area (Å²) in [7, 11) is 1.57. The van der Waals surface area contributed by atoms with Crippen molar-refractivity contribution in [2.24, 2.45) is 0 Å². The summed E-state index contributed by atoms with van der Waals surface area (Å²) in [5.41, 5.74) is -0.183. The number of nitro groups is 1. The summed E-state index contributed by atoms with van der Waals surface area (Å²) in [4.78, 5) is 14.2. The average Bonchev–Trinajstić information content (AvgIpc) is 2.41. The second kappa shape index (κ2) is 5.70. The third kappa shape index (κ3) is 3.12. The molecule has 1 aromatic heterocycles. The molecule has 0 aliphatic carbocycles. The van der Waals surface area contributed by atoms with Crippen molar-refractivity contribution in [1.29, 1.82) is 0 Å². The molecular formula is C12H9ClFN3O3. The van der Waals surface area contributed by atoms with Crippen LogP contribution in [0, 0.1) is 15.9 Å². The Balaban J connectivity index is 2.37. The highest BCUT2D eigenvalue weighted by atomic mass is 35.5. The van der Waals surface area contributed by atoms with Crippen LogP contribution in [-0.2, 0) is 0 Å². The van der Waals surface area contributed by atoms with Crippen LogP contribution in [-0.4, -0.2) is 17.0 Å². The second-order valence-corrected chi connectivity index (χ2v) is 4.14. The number of anilines is 1. The molecule has 104 valence electrons. The highest BCUT2D eigenvalue weighted by Gasteiger charge is 2.13. The standard InChI is InChI=1S/C12H9ClFN3O3/c1-15-11-5-8(17(18)19)6-12(16-11)20-10-3-2-7(14)4-9(10)13/h2-6H,1H3,(H,15,16). The molecule has 0 aliphatic rings. The van der Waals surface area contributed by atoms with E-state index >= 15 is 0 Å². The zero-order valence-electron chi connectivity index (χ0n) is 10.3. The van der Waals surface area contributed by atoms with Gasteiger partial charge in [-0.25, -0.2) is 4.39 Å². The smallest absolute Gasteiger partial charge is 0.278 e. The molecule has 2 rings (SSSR count). The van der Waals surface area contributed by atoms with Crippen LogP contribution >= 0.6 is 11.6 Å². The van der Waals surface area contributed by atoms with Gasteiger partial charge in [0.2, 0.25) is 5.88 Å². The molecule has 0 atom stereocenters. The molecule has 0 bridgehead atoms. The average molecular weight is 298 g/mol. The Kier molecular flexibility index (Phi) is 3.99. The van der Waals surface area contributed by atoms with Crippen molar-refractivity contribution in [3.8, 4) is 11.6 Å². The van der Waals surface area contributed by atoms with Gasteiger partial charge in [0, 0.05) is 7.05 Å². The lowest BCUT2D eigenvalue weighted by molar-refractivity contribution is -0.384. The van der Waals surface area contributed by atoms with Crippen LogP contribution in [0.4, 0.5) is 15.9 Å². The molecule has 0 unspecified atom stereocenters. The Bertz CT molecular complexity index is 666. The van der Waals surface area contributed by atoms with Crippen LogP contribution < -0.4 is 10.1 Å². The molecule has 1 N–H and O–H groups in total. The lowest BCUT2D eigenvalue weighted by atomic mass is 10.3. The highest BCUT2D eigenvalue weighted by molar-refractivity contribution is 6.32. The van der Waals surface area contributed by atoms with Gasteiger partial charge in [0.05, 0.1) is 22.1 Å². The number of hydrogen-bond donors (Lipinski definition) is 1. The molecule has 1 aromatic carbocycles. The minimum Gasteiger partial charge on any atom is -0.437 e. The van der Waals surface area contributed by atoms with Crippen molar-refractivity contribution in [3.63, 3.8) is 0 Å². The van der Waals surface area contributed by atoms with Gasteiger partial charge in [-0.2, -0.15) is 4.98 Å². The van der Waals surface area contributed by atoms with E-state index < -0.39 is 10.7 Å². The minimum absolute atomic E-state index is 0.0166. The molecule has 0 amide bonds. The molecule has 8 heteroatoms. The number of benzene rings is 1. The van der Waals surface area contributed by atoms with E-state index in [0.29, 0.717) is 0 Å². The number of nitrogens with zero attached hydrogens (tertiary/aromatic N) is 2. The number of pyridine rings is 1. The van der Waals surface area contributed by atoms with Crippen LogP contribution in [0.3, 0.4) is 0 Å². The van der Waals surface area contributed by atoms with Gasteiger partial charge in [0.25, 0.3) is 5.69 Å². The summed E-state index contributed by atoms with van der Waals surface area (Å²) < 4.78 is 18.3. The number of nitrogens with one attached hydrogen (secondary N) is 1. The van der Waals surface area contributed by atoms with E-state index in [1.807, 2.05) is 0 Å².